The Hall–Kier alpha value is -2.14. The van der Waals surface area contributed by atoms with Crippen LogP contribution >= 0.6 is 11.3 Å². The van der Waals surface area contributed by atoms with Crippen LogP contribution in [-0.2, 0) is 32.5 Å². The standard InChI is InChI=1S/C23H34N2O6S2/c1-5-33(27,28)25(12-7-14-29-2)18-23(26)24(17-20-8-6-15-32-20)13-11-19-9-10-21(30-3)22(16-19)31-4/h6,8-10,15-16H,5,7,11-14,17-18H2,1-4H3. The molecule has 1 aromatic heterocycles. The van der Waals surface area contributed by atoms with Crippen molar-refractivity contribution in [3.8, 4) is 11.5 Å². The lowest BCUT2D eigenvalue weighted by Crippen LogP contribution is -2.44. The summed E-state index contributed by atoms with van der Waals surface area (Å²) in [7, 11) is 1.23. The van der Waals surface area contributed by atoms with E-state index in [1.54, 1.807) is 44.5 Å². The molecule has 184 valence electrons. The van der Waals surface area contributed by atoms with Gasteiger partial charge in [0.25, 0.3) is 0 Å². The Bertz CT molecular complexity index is 963. The zero-order chi connectivity index (χ0) is 24.3. The Morgan fingerprint density at radius 2 is 1.82 bits per heavy atom. The molecule has 10 heteroatoms. The van der Waals surface area contributed by atoms with Crippen molar-refractivity contribution < 1.29 is 27.4 Å². The maximum absolute atomic E-state index is 13.3. The highest BCUT2D eigenvalue weighted by Gasteiger charge is 2.25. The molecule has 33 heavy (non-hydrogen) atoms. The third-order valence-electron chi connectivity index (χ3n) is 5.22. The third kappa shape index (κ3) is 8.29. The molecule has 0 bridgehead atoms. The van der Waals surface area contributed by atoms with Gasteiger partial charge in [0.15, 0.2) is 11.5 Å². The number of thiophene rings is 1. The van der Waals surface area contributed by atoms with Crippen LogP contribution in [0.5, 0.6) is 11.5 Å². The molecular weight excluding hydrogens is 464 g/mol. The summed E-state index contributed by atoms with van der Waals surface area (Å²) >= 11 is 1.57. The van der Waals surface area contributed by atoms with Crippen molar-refractivity contribution in [2.24, 2.45) is 0 Å². The van der Waals surface area contributed by atoms with Gasteiger partial charge in [-0.2, -0.15) is 4.31 Å². The number of carbonyl (C=O) groups excluding carboxylic acids is 1. The van der Waals surface area contributed by atoms with Crippen LogP contribution in [0.4, 0.5) is 0 Å². The van der Waals surface area contributed by atoms with Crippen LogP contribution in [0.15, 0.2) is 35.7 Å². The van der Waals surface area contributed by atoms with E-state index < -0.39 is 10.0 Å². The summed E-state index contributed by atoms with van der Waals surface area (Å²) in [6, 6.07) is 9.58. The maximum atomic E-state index is 13.3. The first-order valence-corrected chi connectivity index (χ1v) is 13.3. The van der Waals surface area contributed by atoms with Crippen LogP contribution in [0.3, 0.4) is 0 Å². The molecule has 0 aliphatic rings. The first-order chi connectivity index (χ1) is 15.8. The Morgan fingerprint density at radius 1 is 1.06 bits per heavy atom. The van der Waals surface area contributed by atoms with E-state index in [0.717, 1.165) is 10.4 Å². The number of benzene rings is 1. The summed E-state index contributed by atoms with van der Waals surface area (Å²) in [6.07, 6.45) is 1.13. The Kier molecular flexibility index (Phi) is 11.1. The molecule has 2 rings (SSSR count). The summed E-state index contributed by atoms with van der Waals surface area (Å²) in [5.74, 6) is 0.996. The molecular formula is C23H34N2O6S2. The average molecular weight is 499 g/mol. The zero-order valence-electron chi connectivity index (χ0n) is 19.8. The van der Waals surface area contributed by atoms with E-state index >= 15 is 0 Å². The second-order valence-electron chi connectivity index (χ2n) is 7.41. The molecule has 0 N–H and O–H groups in total. The normalized spacial score (nSPS) is 11.5. The number of hydrogen-bond acceptors (Lipinski definition) is 7. The molecule has 1 heterocycles. The van der Waals surface area contributed by atoms with Gasteiger partial charge < -0.3 is 19.1 Å². The van der Waals surface area contributed by atoms with Gasteiger partial charge in [0, 0.05) is 31.7 Å². The van der Waals surface area contributed by atoms with Gasteiger partial charge in [-0.15, -0.1) is 11.3 Å². The van der Waals surface area contributed by atoms with Crippen molar-refractivity contribution in [2.45, 2.75) is 26.3 Å². The predicted octanol–water partition coefficient (Wildman–Crippen LogP) is 3.02. The summed E-state index contributed by atoms with van der Waals surface area (Å²) in [5, 5.41) is 1.96. The first-order valence-electron chi connectivity index (χ1n) is 10.8. The minimum atomic E-state index is -3.51. The van der Waals surface area contributed by atoms with Crippen molar-refractivity contribution >= 4 is 27.3 Å². The summed E-state index contributed by atoms with van der Waals surface area (Å²) in [4.78, 5) is 16.0. The van der Waals surface area contributed by atoms with Crippen LogP contribution < -0.4 is 9.47 Å². The second kappa shape index (κ2) is 13.5. The molecule has 0 spiro atoms. The van der Waals surface area contributed by atoms with Gasteiger partial charge in [-0.3, -0.25) is 4.79 Å². The third-order valence-corrected chi connectivity index (χ3v) is 7.91. The molecule has 8 nitrogen and oxygen atoms in total. The van der Waals surface area contributed by atoms with E-state index in [2.05, 4.69) is 0 Å². The lowest BCUT2D eigenvalue weighted by Gasteiger charge is -2.27. The highest BCUT2D eigenvalue weighted by atomic mass is 32.2. The molecule has 0 saturated carbocycles. The Morgan fingerprint density at radius 3 is 2.42 bits per heavy atom. The Balaban J connectivity index is 2.16. The van der Waals surface area contributed by atoms with Crippen molar-refractivity contribution in [3.05, 3.63) is 46.2 Å². The number of sulfonamides is 1. The van der Waals surface area contributed by atoms with Crippen molar-refractivity contribution in [1.82, 2.24) is 9.21 Å². The fourth-order valence-electron chi connectivity index (χ4n) is 3.32. The summed E-state index contributed by atoms with van der Waals surface area (Å²) in [5.41, 5.74) is 0.995. The van der Waals surface area contributed by atoms with Gasteiger partial charge in [0.1, 0.15) is 0 Å². The maximum Gasteiger partial charge on any atom is 0.238 e. The highest BCUT2D eigenvalue weighted by molar-refractivity contribution is 7.89. The van der Waals surface area contributed by atoms with Gasteiger partial charge in [-0.25, -0.2) is 8.42 Å². The van der Waals surface area contributed by atoms with Crippen LogP contribution in [0.25, 0.3) is 0 Å². The number of ether oxygens (including phenoxy) is 3. The van der Waals surface area contributed by atoms with E-state index in [0.29, 0.717) is 44.0 Å². The number of hydrogen-bond donors (Lipinski definition) is 0. The van der Waals surface area contributed by atoms with Crippen LogP contribution in [0, 0.1) is 0 Å². The van der Waals surface area contributed by atoms with Crippen LogP contribution in [-0.4, -0.2) is 76.9 Å². The summed E-state index contributed by atoms with van der Waals surface area (Å²) in [6.45, 7) is 2.97. The molecule has 0 unspecified atom stereocenters. The molecule has 0 fully saturated rings. The SMILES string of the molecule is CCS(=O)(=O)N(CCCOC)CC(=O)N(CCc1ccc(OC)c(OC)c1)Cc1cccs1. The largest absolute Gasteiger partial charge is 0.493 e. The Labute approximate surface area is 201 Å². The van der Waals surface area contributed by atoms with E-state index in [-0.39, 0.29) is 24.7 Å². The molecule has 1 aromatic carbocycles. The van der Waals surface area contributed by atoms with Gasteiger partial charge in [-0.05, 0) is 48.9 Å². The van der Waals surface area contributed by atoms with Gasteiger partial charge in [0.2, 0.25) is 15.9 Å². The number of methoxy groups -OCH3 is 3. The predicted molar refractivity (Wildman–Crippen MR) is 131 cm³/mol. The smallest absolute Gasteiger partial charge is 0.238 e. The average Bonchev–Trinajstić information content (AvgIpc) is 3.34. The second-order valence-corrected chi connectivity index (χ2v) is 10.7. The summed E-state index contributed by atoms with van der Waals surface area (Å²) < 4.78 is 42.1. The molecule has 0 aliphatic carbocycles. The number of amides is 1. The molecule has 2 aromatic rings. The number of rotatable bonds is 15. The quantitative estimate of drug-likeness (QED) is 0.351. The lowest BCUT2D eigenvalue weighted by atomic mass is 10.1. The van der Waals surface area contributed by atoms with E-state index in [9.17, 15) is 13.2 Å². The van der Waals surface area contributed by atoms with E-state index in [4.69, 9.17) is 14.2 Å². The van der Waals surface area contributed by atoms with E-state index in [1.807, 2.05) is 35.7 Å². The van der Waals surface area contributed by atoms with Gasteiger partial charge in [0.05, 0.1) is 33.1 Å². The fourth-order valence-corrected chi connectivity index (χ4v) is 5.12. The highest BCUT2D eigenvalue weighted by Crippen LogP contribution is 2.28. The molecule has 0 saturated heterocycles. The minimum absolute atomic E-state index is 0.0518. The topological polar surface area (TPSA) is 85.4 Å². The zero-order valence-corrected chi connectivity index (χ0v) is 21.4. The van der Waals surface area contributed by atoms with Crippen LogP contribution in [0.1, 0.15) is 23.8 Å². The van der Waals surface area contributed by atoms with Gasteiger partial charge in [-0.1, -0.05) is 12.1 Å². The minimum Gasteiger partial charge on any atom is -0.493 e. The van der Waals surface area contributed by atoms with Crippen molar-refractivity contribution in [2.75, 3.05) is 53.3 Å². The monoisotopic (exact) mass is 498 g/mol. The fraction of sp³-hybridized carbons (Fsp3) is 0.522. The molecule has 0 radical (unpaired) electrons. The van der Waals surface area contributed by atoms with Crippen LogP contribution in [0.2, 0.25) is 0 Å². The van der Waals surface area contributed by atoms with Crippen molar-refractivity contribution in [3.63, 3.8) is 0 Å². The first kappa shape index (κ1) is 27.1. The molecule has 0 aliphatic heterocycles. The molecule has 0 atom stereocenters. The number of nitrogens with zero attached hydrogens (tertiary/aromatic N) is 2. The number of carbonyl (C=O) groups is 1. The van der Waals surface area contributed by atoms with E-state index in [1.165, 1.54) is 4.31 Å². The molecule has 1 amide bonds. The van der Waals surface area contributed by atoms with Gasteiger partial charge >= 0.3 is 0 Å². The van der Waals surface area contributed by atoms with Crippen molar-refractivity contribution in [1.29, 1.82) is 0 Å². The lowest BCUT2D eigenvalue weighted by molar-refractivity contribution is -0.132.